The number of rotatable bonds is 5. The second kappa shape index (κ2) is 8.61. The summed E-state index contributed by atoms with van der Waals surface area (Å²) in [5, 5.41) is 13.0. The van der Waals surface area contributed by atoms with Crippen molar-refractivity contribution >= 4 is 29.2 Å². The van der Waals surface area contributed by atoms with Gasteiger partial charge >= 0.3 is 0 Å². The maximum absolute atomic E-state index is 6.36. The standard InChI is InChI=1S/C23H28ClN5S/c1-15-26-27-22(29(15)18-11-12-25-14-18)20-13-17(24)7-10-21(20)28-30-19-8-5-16(6-9-19)23(2,3)4/h5-10,13,18,25,28H,11-12,14H2,1-4H3. The number of benzene rings is 2. The van der Waals surface area contributed by atoms with E-state index in [0.717, 1.165) is 47.3 Å². The van der Waals surface area contributed by atoms with Crippen molar-refractivity contribution in [3.8, 4) is 11.4 Å². The zero-order valence-corrected chi connectivity index (χ0v) is 19.4. The van der Waals surface area contributed by atoms with E-state index in [2.05, 4.69) is 69.8 Å². The van der Waals surface area contributed by atoms with Crippen LogP contribution in [0.15, 0.2) is 47.4 Å². The van der Waals surface area contributed by atoms with Gasteiger partial charge in [0.25, 0.3) is 0 Å². The molecule has 1 aliphatic heterocycles. The van der Waals surface area contributed by atoms with Crippen LogP contribution in [0.4, 0.5) is 5.69 Å². The van der Waals surface area contributed by atoms with Crippen LogP contribution >= 0.6 is 23.5 Å². The number of hydrogen-bond acceptors (Lipinski definition) is 5. The summed E-state index contributed by atoms with van der Waals surface area (Å²) in [5.41, 5.74) is 3.42. The Balaban J connectivity index is 1.61. The molecule has 1 aliphatic rings. The highest BCUT2D eigenvalue weighted by atomic mass is 35.5. The molecule has 2 heterocycles. The van der Waals surface area contributed by atoms with Crippen LogP contribution in [0.1, 0.15) is 44.6 Å². The van der Waals surface area contributed by atoms with Gasteiger partial charge in [0, 0.05) is 22.0 Å². The summed E-state index contributed by atoms with van der Waals surface area (Å²) in [6.07, 6.45) is 1.07. The summed E-state index contributed by atoms with van der Waals surface area (Å²) < 4.78 is 5.74. The highest BCUT2D eigenvalue weighted by Crippen LogP contribution is 2.35. The molecule has 0 radical (unpaired) electrons. The fourth-order valence-electron chi connectivity index (χ4n) is 3.78. The number of aromatic nitrogens is 3. The maximum atomic E-state index is 6.36. The van der Waals surface area contributed by atoms with E-state index in [4.69, 9.17) is 11.6 Å². The average Bonchev–Trinajstić information content (AvgIpc) is 3.36. The Morgan fingerprint density at radius 3 is 2.57 bits per heavy atom. The van der Waals surface area contributed by atoms with Gasteiger partial charge in [-0.1, -0.05) is 44.5 Å². The minimum atomic E-state index is 0.150. The lowest BCUT2D eigenvalue weighted by atomic mass is 9.87. The monoisotopic (exact) mass is 441 g/mol. The molecule has 5 nitrogen and oxygen atoms in total. The highest BCUT2D eigenvalue weighted by Gasteiger charge is 2.24. The first-order valence-corrected chi connectivity index (χ1v) is 11.5. The second-order valence-corrected chi connectivity index (χ2v) is 10.1. The van der Waals surface area contributed by atoms with Gasteiger partial charge < -0.3 is 14.6 Å². The summed E-state index contributed by atoms with van der Waals surface area (Å²) in [5.74, 6) is 1.78. The zero-order valence-electron chi connectivity index (χ0n) is 17.9. The summed E-state index contributed by atoms with van der Waals surface area (Å²) in [4.78, 5) is 1.15. The van der Waals surface area contributed by atoms with Gasteiger partial charge in [-0.2, -0.15) is 0 Å². The fourth-order valence-corrected chi connectivity index (χ4v) is 4.63. The second-order valence-electron chi connectivity index (χ2n) is 8.76. The lowest BCUT2D eigenvalue weighted by molar-refractivity contribution is 0.537. The van der Waals surface area contributed by atoms with Gasteiger partial charge in [0.2, 0.25) is 0 Å². The van der Waals surface area contributed by atoms with Crippen molar-refractivity contribution in [2.24, 2.45) is 0 Å². The van der Waals surface area contributed by atoms with Crippen molar-refractivity contribution in [2.75, 3.05) is 17.8 Å². The molecule has 0 bridgehead atoms. The number of hydrogen-bond donors (Lipinski definition) is 2. The summed E-state index contributed by atoms with van der Waals surface area (Å²) in [6, 6.07) is 14.9. The predicted octanol–water partition coefficient (Wildman–Crippen LogP) is 5.86. The molecule has 0 saturated carbocycles. The van der Waals surface area contributed by atoms with E-state index in [1.807, 2.05) is 25.1 Å². The molecule has 1 atom stereocenters. The number of nitrogens with zero attached hydrogens (tertiary/aromatic N) is 3. The number of nitrogens with one attached hydrogen (secondary N) is 2. The predicted molar refractivity (Wildman–Crippen MR) is 126 cm³/mol. The van der Waals surface area contributed by atoms with E-state index < -0.39 is 0 Å². The van der Waals surface area contributed by atoms with Crippen LogP contribution in [0.5, 0.6) is 0 Å². The Bertz CT molecular complexity index is 1020. The van der Waals surface area contributed by atoms with Crippen molar-refractivity contribution in [1.29, 1.82) is 0 Å². The first-order valence-electron chi connectivity index (χ1n) is 10.3. The van der Waals surface area contributed by atoms with Gasteiger partial charge in [0.15, 0.2) is 5.82 Å². The molecule has 1 fully saturated rings. The van der Waals surface area contributed by atoms with E-state index in [-0.39, 0.29) is 5.41 Å². The zero-order chi connectivity index (χ0) is 21.3. The summed E-state index contributed by atoms with van der Waals surface area (Å²) in [6.45, 7) is 10.6. The Labute approximate surface area is 187 Å². The van der Waals surface area contributed by atoms with Gasteiger partial charge in [-0.3, -0.25) is 0 Å². The van der Waals surface area contributed by atoms with E-state index in [1.165, 1.54) is 5.56 Å². The Kier molecular flexibility index (Phi) is 6.09. The third kappa shape index (κ3) is 4.51. The normalized spacial score (nSPS) is 16.8. The van der Waals surface area contributed by atoms with Crippen LogP contribution in [-0.2, 0) is 5.41 Å². The number of anilines is 1. The molecule has 2 N–H and O–H groups in total. The molecule has 1 saturated heterocycles. The van der Waals surface area contributed by atoms with Crippen LogP contribution in [0.25, 0.3) is 11.4 Å². The Morgan fingerprint density at radius 1 is 1.13 bits per heavy atom. The van der Waals surface area contributed by atoms with Gasteiger partial charge in [0.05, 0.1) is 11.7 Å². The minimum absolute atomic E-state index is 0.150. The molecule has 3 aromatic rings. The van der Waals surface area contributed by atoms with Crippen LogP contribution < -0.4 is 10.0 Å². The lowest BCUT2D eigenvalue weighted by Crippen LogP contribution is -2.15. The van der Waals surface area contributed by atoms with Crippen molar-refractivity contribution in [3.05, 3.63) is 58.9 Å². The molecule has 158 valence electrons. The Hall–Kier alpha value is -2.02. The topological polar surface area (TPSA) is 54.8 Å². The van der Waals surface area contributed by atoms with Gasteiger partial charge in [-0.15, -0.1) is 10.2 Å². The molecule has 1 unspecified atom stereocenters. The highest BCUT2D eigenvalue weighted by molar-refractivity contribution is 8.00. The first-order chi connectivity index (χ1) is 14.3. The smallest absolute Gasteiger partial charge is 0.166 e. The van der Waals surface area contributed by atoms with Crippen molar-refractivity contribution in [3.63, 3.8) is 0 Å². The molecular formula is C23H28ClN5S. The third-order valence-corrected chi connectivity index (χ3v) is 6.55. The first kappa shape index (κ1) is 21.2. The minimum Gasteiger partial charge on any atom is -0.325 e. The molecule has 2 aromatic carbocycles. The van der Waals surface area contributed by atoms with Crippen molar-refractivity contribution in [2.45, 2.75) is 50.5 Å². The quantitative estimate of drug-likeness (QED) is 0.486. The molecule has 0 spiro atoms. The molecule has 7 heteroatoms. The van der Waals surface area contributed by atoms with Crippen LogP contribution in [0.3, 0.4) is 0 Å². The lowest BCUT2D eigenvalue weighted by Gasteiger charge is -2.19. The third-order valence-electron chi connectivity index (χ3n) is 5.49. The largest absolute Gasteiger partial charge is 0.325 e. The van der Waals surface area contributed by atoms with E-state index in [0.29, 0.717) is 11.1 Å². The van der Waals surface area contributed by atoms with Crippen LogP contribution in [0, 0.1) is 6.92 Å². The van der Waals surface area contributed by atoms with Gasteiger partial charge in [0.1, 0.15) is 5.82 Å². The SMILES string of the molecule is Cc1nnc(-c2cc(Cl)ccc2NSc2ccc(C(C)(C)C)cc2)n1C1CCNC1. The van der Waals surface area contributed by atoms with Gasteiger partial charge in [-0.25, -0.2) is 0 Å². The fraction of sp³-hybridized carbons (Fsp3) is 0.391. The molecule has 30 heavy (non-hydrogen) atoms. The van der Waals surface area contributed by atoms with Crippen molar-refractivity contribution < 1.29 is 0 Å². The molecule has 4 rings (SSSR count). The summed E-state index contributed by atoms with van der Waals surface area (Å²) in [7, 11) is 0. The maximum Gasteiger partial charge on any atom is 0.166 e. The molecule has 0 amide bonds. The summed E-state index contributed by atoms with van der Waals surface area (Å²) >= 11 is 7.95. The number of halogens is 1. The molecule has 0 aliphatic carbocycles. The average molecular weight is 442 g/mol. The Morgan fingerprint density at radius 2 is 1.90 bits per heavy atom. The van der Waals surface area contributed by atoms with E-state index in [1.54, 1.807) is 11.9 Å². The van der Waals surface area contributed by atoms with Crippen molar-refractivity contribution in [1.82, 2.24) is 20.1 Å². The van der Waals surface area contributed by atoms with Crippen LogP contribution in [0.2, 0.25) is 5.02 Å². The van der Waals surface area contributed by atoms with E-state index >= 15 is 0 Å². The number of aryl methyl sites for hydroxylation is 1. The van der Waals surface area contributed by atoms with Crippen LogP contribution in [-0.4, -0.2) is 27.9 Å². The molecule has 1 aromatic heterocycles. The van der Waals surface area contributed by atoms with E-state index in [9.17, 15) is 0 Å². The van der Waals surface area contributed by atoms with Gasteiger partial charge in [-0.05, 0) is 73.1 Å². The molecular weight excluding hydrogens is 414 g/mol.